The predicted molar refractivity (Wildman–Crippen MR) is 99.4 cm³/mol. The van der Waals surface area contributed by atoms with Gasteiger partial charge >= 0.3 is 0 Å². The average molecular weight is 308 g/mol. The van der Waals surface area contributed by atoms with Gasteiger partial charge < -0.3 is 0 Å². The molecule has 0 aromatic rings. The van der Waals surface area contributed by atoms with Gasteiger partial charge in [-0.2, -0.15) is 10.2 Å². The van der Waals surface area contributed by atoms with Crippen molar-refractivity contribution in [2.45, 2.75) is 57.4 Å². The highest BCUT2D eigenvalue weighted by molar-refractivity contribution is 5.28. The van der Waals surface area contributed by atoms with E-state index in [0.29, 0.717) is 6.04 Å². The third-order valence-electron chi connectivity index (χ3n) is 4.08. The Morgan fingerprint density at radius 1 is 0.609 bits per heavy atom. The first-order valence-electron chi connectivity index (χ1n) is 8.91. The maximum atomic E-state index is 4.63. The molecule has 0 aliphatic heterocycles. The van der Waals surface area contributed by atoms with Crippen LogP contribution in [0.25, 0.3) is 0 Å². The molecule has 0 aromatic heterocycles. The molecule has 1 fully saturated rings. The molecule has 0 amide bonds. The van der Waals surface area contributed by atoms with E-state index in [0.717, 1.165) is 5.70 Å². The van der Waals surface area contributed by atoms with E-state index in [9.17, 15) is 0 Å². The van der Waals surface area contributed by atoms with E-state index in [-0.39, 0.29) is 0 Å². The Morgan fingerprint density at radius 2 is 1.13 bits per heavy atom. The number of hydrogen-bond donors (Lipinski definition) is 0. The molecule has 2 rings (SSSR count). The Morgan fingerprint density at radius 3 is 1.78 bits per heavy atom. The van der Waals surface area contributed by atoms with E-state index < -0.39 is 0 Å². The van der Waals surface area contributed by atoms with Gasteiger partial charge in [0.05, 0.1) is 11.7 Å². The summed E-state index contributed by atoms with van der Waals surface area (Å²) in [6, 6.07) is 0.395. The smallest absolute Gasteiger partial charge is 0.0852 e. The number of hydrogen-bond acceptors (Lipinski definition) is 2. The molecular formula is C21H28N2. The van der Waals surface area contributed by atoms with Crippen LogP contribution in [-0.2, 0) is 0 Å². The van der Waals surface area contributed by atoms with Crippen LogP contribution >= 0.6 is 0 Å². The summed E-state index contributed by atoms with van der Waals surface area (Å²) in [7, 11) is 0. The molecule has 122 valence electrons. The third-order valence-corrected chi connectivity index (χ3v) is 4.08. The third kappa shape index (κ3) is 8.29. The van der Waals surface area contributed by atoms with Crippen LogP contribution in [0.15, 0.2) is 82.8 Å². The van der Waals surface area contributed by atoms with Crippen molar-refractivity contribution in [3.63, 3.8) is 0 Å². The number of nitrogens with zero attached hydrogens (tertiary/aromatic N) is 2. The maximum Gasteiger partial charge on any atom is 0.0852 e. The summed E-state index contributed by atoms with van der Waals surface area (Å²) in [5, 5.41) is 9.14. The number of rotatable bonds is 2. The molecule has 0 aromatic carbocycles. The maximum absolute atomic E-state index is 4.63. The van der Waals surface area contributed by atoms with E-state index in [1.165, 1.54) is 51.4 Å². The Labute approximate surface area is 140 Å². The molecule has 23 heavy (non-hydrogen) atoms. The molecule has 0 N–H and O–H groups in total. The van der Waals surface area contributed by atoms with E-state index >= 15 is 0 Å². The SMILES string of the molecule is C1=C\C=C/C=C(N=NC2CCCCCCCC2)\C=C/C=C/C=C1. The zero-order chi connectivity index (χ0) is 16.0. The molecule has 2 aliphatic carbocycles. The Hall–Kier alpha value is -1.96. The van der Waals surface area contributed by atoms with Crippen molar-refractivity contribution < 1.29 is 0 Å². The molecule has 2 nitrogen and oxygen atoms in total. The summed E-state index contributed by atoms with van der Waals surface area (Å²) >= 11 is 0. The summed E-state index contributed by atoms with van der Waals surface area (Å²) in [5.41, 5.74) is 0.906. The second-order valence-corrected chi connectivity index (χ2v) is 6.06. The number of azo groups is 1. The second kappa shape index (κ2) is 11.6. The first kappa shape index (κ1) is 17.4. The highest BCUT2D eigenvalue weighted by Gasteiger charge is 2.09. The van der Waals surface area contributed by atoms with Crippen LogP contribution in [0.4, 0.5) is 0 Å². The monoisotopic (exact) mass is 308 g/mol. The summed E-state index contributed by atoms with van der Waals surface area (Å²) in [6.07, 6.45) is 32.6. The van der Waals surface area contributed by atoms with Gasteiger partial charge in [0.15, 0.2) is 0 Å². The molecule has 0 unspecified atom stereocenters. The molecule has 1 saturated carbocycles. The fraction of sp³-hybridized carbons (Fsp3) is 0.429. The van der Waals surface area contributed by atoms with Crippen LogP contribution in [-0.4, -0.2) is 6.04 Å². The molecule has 0 saturated heterocycles. The number of allylic oxidation sites excluding steroid dienone is 11. The Balaban J connectivity index is 2.01. The fourth-order valence-corrected chi connectivity index (χ4v) is 2.75. The van der Waals surface area contributed by atoms with Gasteiger partial charge in [0, 0.05) is 0 Å². The topological polar surface area (TPSA) is 24.7 Å². The van der Waals surface area contributed by atoms with Gasteiger partial charge in [0.25, 0.3) is 0 Å². The molecule has 2 aliphatic rings. The molecule has 2 heteroatoms. The van der Waals surface area contributed by atoms with Crippen molar-refractivity contribution >= 4 is 0 Å². The minimum absolute atomic E-state index is 0.395. The van der Waals surface area contributed by atoms with Crippen LogP contribution in [0.1, 0.15) is 51.4 Å². The lowest BCUT2D eigenvalue weighted by Gasteiger charge is -2.08. The van der Waals surface area contributed by atoms with Gasteiger partial charge in [-0.25, -0.2) is 0 Å². The first-order valence-corrected chi connectivity index (χ1v) is 8.91. The lowest BCUT2D eigenvalue weighted by molar-refractivity contribution is 0.517. The van der Waals surface area contributed by atoms with Crippen LogP contribution in [0.3, 0.4) is 0 Å². The molecule has 0 heterocycles. The summed E-state index contributed by atoms with van der Waals surface area (Å²) in [5.74, 6) is 0. The van der Waals surface area contributed by atoms with E-state index in [1.54, 1.807) is 0 Å². The molecule has 0 spiro atoms. The Kier molecular flexibility index (Phi) is 8.76. The summed E-state index contributed by atoms with van der Waals surface area (Å²) in [4.78, 5) is 0. The zero-order valence-electron chi connectivity index (χ0n) is 14.0. The van der Waals surface area contributed by atoms with Crippen molar-refractivity contribution in [3.05, 3.63) is 72.5 Å². The predicted octanol–water partition coefficient (Wildman–Crippen LogP) is 6.62. The van der Waals surface area contributed by atoms with Crippen molar-refractivity contribution in [2.75, 3.05) is 0 Å². The highest BCUT2D eigenvalue weighted by atomic mass is 15.1. The lowest BCUT2D eigenvalue weighted by atomic mass is 10.1. The largest absolute Gasteiger partial charge is 0.185 e. The van der Waals surface area contributed by atoms with Gasteiger partial charge in [0.2, 0.25) is 0 Å². The van der Waals surface area contributed by atoms with Crippen LogP contribution in [0, 0.1) is 0 Å². The lowest BCUT2D eigenvalue weighted by Crippen LogP contribution is -2.02. The highest BCUT2D eigenvalue weighted by Crippen LogP contribution is 2.20. The summed E-state index contributed by atoms with van der Waals surface area (Å²) < 4.78 is 0. The van der Waals surface area contributed by atoms with Gasteiger partial charge in [-0.1, -0.05) is 93.2 Å². The fourth-order valence-electron chi connectivity index (χ4n) is 2.75. The van der Waals surface area contributed by atoms with Crippen LogP contribution < -0.4 is 0 Å². The van der Waals surface area contributed by atoms with E-state index in [4.69, 9.17) is 0 Å². The van der Waals surface area contributed by atoms with Crippen molar-refractivity contribution in [1.82, 2.24) is 0 Å². The van der Waals surface area contributed by atoms with Gasteiger partial charge in [0.1, 0.15) is 0 Å². The van der Waals surface area contributed by atoms with Crippen molar-refractivity contribution in [2.24, 2.45) is 10.2 Å². The van der Waals surface area contributed by atoms with E-state index in [1.807, 2.05) is 66.8 Å². The van der Waals surface area contributed by atoms with Gasteiger partial charge in [-0.05, 0) is 25.0 Å². The van der Waals surface area contributed by atoms with Crippen molar-refractivity contribution in [1.29, 1.82) is 0 Å². The zero-order valence-corrected chi connectivity index (χ0v) is 14.0. The standard InChI is InChI=1S/C21H28N2/c1-2-4-8-12-16-20(17-13-9-5-3-1)22-23-21-18-14-10-6-7-11-15-19-21/h1-5,8-9,12-13,16-17,21H,6-7,10-11,14-15,18-19H2/b2-1?,3-1?,4-2?,5-3?,8-4+,9-5?,12-8?,13-9-,16-12-,17-13?,20-16?,20-17+,23-22?. The summed E-state index contributed by atoms with van der Waals surface area (Å²) in [6.45, 7) is 0. The Bertz CT molecular complexity index is 520. The molecular weight excluding hydrogens is 280 g/mol. The average Bonchev–Trinajstić information content (AvgIpc) is 2.68. The van der Waals surface area contributed by atoms with Gasteiger partial charge in [-0.3, -0.25) is 0 Å². The van der Waals surface area contributed by atoms with Gasteiger partial charge in [-0.15, -0.1) is 0 Å². The minimum atomic E-state index is 0.395. The van der Waals surface area contributed by atoms with Crippen LogP contribution in [0.2, 0.25) is 0 Å². The quantitative estimate of drug-likeness (QED) is 0.512. The van der Waals surface area contributed by atoms with E-state index in [2.05, 4.69) is 10.2 Å². The normalized spacial score (nSPS) is 27.7. The van der Waals surface area contributed by atoms with Crippen LogP contribution in [0.5, 0.6) is 0 Å². The first-order chi connectivity index (χ1) is 11.4. The minimum Gasteiger partial charge on any atom is -0.185 e. The molecule has 0 radical (unpaired) electrons. The second-order valence-electron chi connectivity index (χ2n) is 6.06. The van der Waals surface area contributed by atoms with Crippen molar-refractivity contribution in [3.8, 4) is 0 Å². The molecule has 0 atom stereocenters. The molecule has 0 bridgehead atoms.